The van der Waals surface area contributed by atoms with Crippen LogP contribution in [-0.4, -0.2) is 16.0 Å². The number of benzene rings is 1. The van der Waals surface area contributed by atoms with Crippen LogP contribution in [0.1, 0.15) is 34.5 Å². The Morgan fingerprint density at radius 2 is 1.95 bits per heavy atom. The Hall–Kier alpha value is -2.20. The number of aliphatic hydroxyl groups excluding tert-OH is 1. The first-order valence-corrected chi connectivity index (χ1v) is 6.07. The number of carbonyl (C=O) groups is 1. The fraction of sp³-hybridized carbons (Fsp3) is 0.200. The standard InChI is InChI=1S/C15H16N2O2/c1-10-7-13(9-16-8-10)15(19)17-14-5-3-12(4-6-14)11(2)18/h3-9,11,18H,1-2H3,(H,17,19). The van der Waals surface area contributed by atoms with Crippen molar-refractivity contribution in [2.45, 2.75) is 20.0 Å². The molecule has 0 aliphatic heterocycles. The Morgan fingerprint density at radius 1 is 1.26 bits per heavy atom. The van der Waals surface area contributed by atoms with Crippen molar-refractivity contribution in [3.05, 3.63) is 59.4 Å². The molecular weight excluding hydrogens is 240 g/mol. The molecule has 1 aromatic heterocycles. The van der Waals surface area contributed by atoms with Gasteiger partial charge in [0, 0.05) is 18.1 Å². The maximum absolute atomic E-state index is 12.0. The van der Waals surface area contributed by atoms with Crippen molar-refractivity contribution in [1.29, 1.82) is 0 Å². The fourth-order valence-corrected chi connectivity index (χ4v) is 1.73. The molecule has 0 radical (unpaired) electrons. The maximum Gasteiger partial charge on any atom is 0.257 e. The third-order valence-corrected chi connectivity index (χ3v) is 2.79. The largest absolute Gasteiger partial charge is 0.389 e. The van der Waals surface area contributed by atoms with Crippen LogP contribution in [0.2, 0.25) is 0 Å². The molecule has 4 nitrogen and oxygen atoms in total. The highest BCUT2D eigenvalue weighted by Crippen LogP contribution is 2.16. The zero-order valence-electron chi connectivity index (χ0n) is 10.9. The van der Waals surface area contributed by atoms with Crippen LogP contribution in [0, 0.1) is 6.92 Å². The summed E-state index contributed by atoms with van der Waals surface area (Å²) in [5, 5.41) is 12.2. The highest BCUT2D eigenvalue weighted by atomic mass is 16.3. The lowest BCUT2D eigenvalue weighted by Gasteiger charge is -2.08. The summed E-state index contributed by atoms with van der Waals surface area (Å²) < 4.78 is 0. The van der Waals surface area contributed by atoms with Crippen LogP contribution in [0.25, 0.3) is 0 Å². The number of aryl methyl sites for hydroxylation is 1. The summed E-state index contributed by atoms with van der Waals surface area (Å²) in [6.07, 6.45) is 2.73. The van der Waals surface area contributed by atoms with Gasteiger partial charge in [-0.2, -0.15) is 0 Å². The number of amides is 1. The van der Waals surface area contributed by atoms with Crippen molar-refractivity contribution in [1.82, 2.24) is 4.98 Å². The minimum absolute atomic E-state index is 0.194. The van der Waals surface area contributed by atoms with E-state index in [1.54, 1.807) is 43.5 Å². The molecule has 1 aromatic carbocycles. The molecule has 1 unspecified atom stereocenters. The molecule has 2 N–H and O–H groups in total. The molecule has 0 fully saturated rings. The summed E-state index contributed by atoms with van der Waals surface area (Å²) >= 11 is 0. The highest BCUT2D eigenvalue weighted by molar-refractivity contribution is 6.04. The molecule has 98 valence electrons. The number of aromatic nitrogens is 1. The van der Waals surface area contributed by atoms with E-state index in [9.17, 15) is 9.90 Å². The van der Waals surface area contributed by atoms with E-state index in [2.05, 4.69) is 10.3 Å². The molecule has 4 heteroatoms. The number of carbonyl (C=O) groups excluding carboxylic acids is 1. The Kier molecular flexibility index (Phi) is 3.92. The zero-order valence-corrected chi connectivity index (χ0v) is 10.9. The van der Waals surface area contributed by atoms with Gasteiger partial charge in [-0.15, -0.1) is 0 Å². The molecular formula is C15H16N2O2. The topological polar surface area (TPSA) is 62.2 Å². The number of hydrogen-bond acceptors (Lipinski definition) is 3. The number of aliphatic hydroxyl groups is 1. The summed E-state index contributed by atoms with van der Waals surface area (Å²) in [5.41, 5.74) is 2.97. The van der Waals surface area contributed by atoms with E-state index in [-0.39, 0.29) is 5.91 Å². The van der Waals surface area contributed by atoms with E-state index >= 15 is 0 Å². The molecule has 2 rings (SSSR count). The normalized spacial score (nSPS) is 11.9. The van der Waals surface area contributed by atoms with E-state index in [0.717, 1.165) is 11.1 Å². The van der Waals surface area contributed by atoms with Gasteiger partial charge in [-0.05, 0) is 43.2 Å². The smallest absolute Gasteiger partial charge is 0.257 e. The van der Waals surface area contributed by atoms with Crippen LogP contribution in [0.15, 0.2) is 42.7 Å². The van der Waals surface area contributed by atoms with Gasteiger partial charge in [0.2, 0.25) is 0 Å². The Labute approximate surface area is 112 Å². The van der Waals surface area contributed by atoms with Gasteiger partial charge >= 0.3 is 0 Å². The SMILES string of the molecule is Cc1cncc(C(=O)Nc2ccc(C(C)O)cc2)c1. The van der Waals surface area contributed by atoms with Gasteiger partial charge in [0.15, 0.2) is 0 Å². The Bertz CT molecular complexity index is 577. The van der Waals surface area contributed by atoms with E-state index < -0.39 is 6.10 Å². The fourth-order valence-electron chi connectivity index (χ4n) is 1.73. The zero-order chi connectivity index (χ0) is 13.8. The lowest BCUT2D eigenvalue weighted by molar-refractivity contribution is 0.102. The minimum Gasteiger partial charge on any atom is -0.389 e. The number of anilines is 1. The van der Waals surface area contributed by atoms with Crippen molar-refractivity contribution in [3.63, 3.8) is 0 Å². The molecule has 0 aliphatic rings. The molecule has 1 atom stereocenters. The van der Waals surface area contributed by atoms with Crippen molar-refractivity contribution in [3.8, 4) is 0 Å². The number of rotatable bonds is 3. The average Bonchev–Trinajstić information content (AvgIpc) is 2.39. The summed E-state index contributed by atoms with van der Waals surface area (Å²) in [4.78, 5) is 16.0. The molecule has 0 aliphatic carbocycles. The van der Waals surface area contributed by atoms with Crippen molar-refractivity contribution >= 4 is 11.6 Å². The number of nitrogens with one attached hydrogen (secondary N) is 1. The van der Waals surface area contributed by atoms with Crippen LogP contribution in [-0.2, 0) is 0 Å². The van der Waals surface area contributed by atoms with Gasteiger partial charge in [0.05, 0.1) is 11.7 Å². The maximum atomic E-state index is 12.0. The molecule has 0 saturated heterocycles. The van der Waals surface area contributed by atoms with E-state index in [4.69, 9.17) is 0 Å². The first-order chi connectivity index (χ1) is 9.06. The Morgan fingerprint density at radius 3 is 2.53 bits per heavy atom. The quantitative estimate of drug-likeness (QED) is 0.887. The molecule has 0 spiro atoms. The third-order valence-electron chi connectivity index (χ3n) is 2.79. The van der Waals surface area contributed by atoms with Crippen LogP contribution >= 0.6 is 0 Å². The molecule has 0 bridgehead atoms. The highest BCUT2D eigenvalue weighted by Gasteiger charge is 2.07. The molecule has 1 amide bonds. The van der Waals surface area contributed by atoms with Gasteiger partial charge in [-0.3, -0.25) is 9.78 Å². The van der Waals surface area contributed by atoms with Crippen LogP contribution < -0.4 is 5.32 Å². The van der Waals surface area contributed by atoms with Gasteiger partial charge in [0.1, 0.15) is 0 Å². The van der Waals surface area contributed by atoms with Gasteiger partial charge < -0.3 is 10.4 Å². The second-order valence-electron chi connectivity index (χ2n) is 4.50. The predicted molar refractivity (Wildman–Crippen MR) is 74.0 cm³/mol. The number of pyridine rings is 1. The number of hydrogen-bond donors (Lipinski definition) is 2. The summed E-state index contributed by atoms with van der Waals surface area (Å²) in [6, 6.07) is 8.89. The van der Waals surface area contributed by atoms with Crippen LogP contribution in [0.5, 0.6) is 0 Å². The molecule has 19 heavy (non-hydrogen) atoms. The molecule has 2 aromatic rings. The second kappa shape index (κ2) is 5.63. The lowest BCUT2D eigenvalue weighted by Crippen LogP contribution is -2.12. The van der Waals surface area contributed by atoms with Crippen molar-refractivity contribution in [2.75, 3.05) is 5.32 Å². The van der Waals surface area contributed by atoms with Crippen LogP contribution in [0.4, 0.5) is 5.69 Å². The summed E-state index contributed by atoms with van der Waals surface area (Å²) in [6.45, 7) is 3.59. The third kappa shape index (κ3) is 3.39. The average molecular weight is 256 g/mol. The van der Waals surface area contributed by atoms with Gasteiger partial charge in [-0.1, -0.05) is 12.1 Å². The minimum atomic E-state index is -0.509. The van der Waals surface area contributed by atoms with E-state index in [1.165, 1.54) is 6.20 Å². The summed E-state index contributed by atoms with van der Waals surface area (Å²) in [5.74, 6) is -0.194. The molecule has 1 heterocycles. The van der Waals surface area contributed by atoms with Gasteiger partial charge in [-0.25, -0.2) is 0 Å². The first-order valence-electron chi connectivity index (χ1n) is 6.07. The van der Waals surface area contributed by atoms with Crippen molar-refractivity contribution in [2.24, 2.45) is 0 Å². The first kappa shape index (κ1) is 13.2. The lowest BCUT2D eigenvalue weighted by atomic mass is 10.1. The van der Waals surface area contributed by atoms with E-state index in [0.29, 0.717) is 11.3 Å². The monoisotopic (exact) mass is 256 g/mol. The van der Waals surface area contributed by atoms with Gasteiger partial charge in [0.25, 0.3) is 5.91 Å². The van der Waals surface area contributed by atoms with Crippen molar-refractivity contribution < 1.29 is 9.90 Å². The number of nitrogens with zero attached hydrogens (tertiary/aromatic N) is 1. The van der Waals surface area contributed by atoms with E-state index in [1.807, 2.05) is 6.92 Å². The molecule has 0 saturated carbocycles. The van der Waals surface area contributed by atoms with Crippen LogP contribution in [0.3, 0.4) is 0 Å². The summed E-state index contributed by atoms with van der Waals surface area (Å²) in [7, 11) is 0. The second-order valence-corrected chi connectivity index (χ2v) is 4.50. The predicted octanol–water partition coefficient (Wildman–Crippen LogP) is 2.70. The Balaban J connectivity index is 2.10.